The Morgan fingerprint density at radius 2 is 1.91 bits per heavy atom. The number of unbranched alkanes of at least 4 members (excludes halogenated alkanes) is 1. The summed E-state index contributed by atoms with van der Waals surface area (Å²) in [6.07, 6.45) is 7.88. The smallest absolute Gasteiger partial charge is 0.256 e. The van der Waals surface area contributed by atoms with Gasteiger partial charge in [-0.15, -0.1) is 0 Å². The van der Waals surface area contributed by atoms with E-state index in [-0.39, 0.29) is 18.3 Å². The quantitative estimate of drug-likeness (QED) is 0.496. The van der Waals surface area contributed by atoms with Crippen LogP contribution in [-0.4, -0.2) is 28.8 Å². The van der Waals surface area contributed by atoms with Crippen molar-refractivity contribution in [1.29, 1.82) is 5.26 Å². The first-order valence-electron chi connectivity index (χ1n) is 11.9. The van der Waals surface area contributed by atoms with Crippen LogP contribution >= 0.6 is 0 Å². The predicted octanol–water partition coefficient (Wildman–Crippen LogP) is 6.03. The molecule has 2 aliphatic rings. The Morgan fingerprint density at radius 3 is 2.61 bits per heavy atom. The Balaban J connectivity index is 1.53. The summed E-state index contributed by atoms with van der Waals surface area (Å²) in [6, 6.07) is 14.0. The Morgan fingerprint density at radius 1 is 1.15 bits per heavy atom. The fourth-order valence-electron chi connectivity index (χ4n) is 4.78. The van der Waals surface area contributed by atoms with Gasteiger partial charge in [0.25, 0.3) is 5.91 Å². The molecule has 0 radical (unpaired) electrons. The van der Waals surface area contributed by atoms with Crippen LogP contribution in [0.3, 0.4) is 0 Å². The first-order chi connectivity index (χ1) is 16.1. The maximum absolute atomic E-state index is 14.4. The second-order valence-electron chi connectivity index (χ2n) is 8.90. The van der Waals surface area contributed by atoms with Gasteiger partial charge in [-0.2, -0.15) is 5.26 Å². The van der Waals surface area contributed by atoms with Crippen molar-refractivity contribution >= 4 is 11.7 Å². The molecule has 0 unspecified atom stereocenters. The fourth-order valence-corrected chi connectivity index (χ4v) is 4.78. The highest BCUT2D eigenvalue weighted by atomic mass is 19.1. The van der Waals surface area contributed by atoms with Gasteiger partial charge in [0.15, 0.2) is 6.61 Å². The predicted molar refractivity (Wildman–Crippen MR) is 126 cm³/mol. The van der Waals surface area contributed by atoms with E-state index in [4.69, 9.17) is 15.0 Å². The monoisotopic (exact) mass is 447 g/mol. The largest absolute Gasteiger partial charge is 0.479 e. The van der Waals surface area contributed by atoms with Gasteiger partial charge in [0.2, 0.25) is 0 Å². The third-order valence-electron chi connectivity index (χ3n) is 6.58. The van der Waals surface area contributed by atoms with Crippen molar-refractivity contribution in [2.24, 2.45) is 4.99 Å². The van der Waals surface area contributed by atoms with Crippen LogP contribution in [0.15, 0.2) is 47.5 Å². The van der Waals surface area contributed by atoms with E-state index in [1.54, 1.807) is 6.07 Å². The van der Waals surface area contributed by atoms with Crippen molar-refractivity contribution in [2.75, 3.05) is 6.61 Å². The van der Waals surface area contributed by atoms with E-state index in [0.29, 0.717) is 17.9 Å². The van der Waals surface area contributed by atoms with E-state index in [1.165, 1.54) is 18.6 Å². The highest BCUT2D eigenvalue weighted by Crippen LogP contribution is 2.39. The lowest BCUT2D eigenvalue weighted by molar-refractivity contribution is -0.132. The maximum atomic E-state index is 14.4. The Kier molecular flexibility index (Phi) is 7.08. The summed E-state index contributed by atoms with van der Waals surface area (Å²) in [5, 5.41) is 8.70. The van der Waals surface area contributed by atoms with Crippen LogP contribution in [0.25, 0.3) is 11.1 Å². The topological polar surface area (TPSA) is 65.7 Å². The van der Waals surface area contributed by atoms with Crippen molar-refractivity contribution in [3.8, 4) is 22.9 Å². The Labute approximate surface area is 194 Å². The number of aliphatic imine (C=N–C) groups is 1. The number of hydrogen-bond acceptors (Lipinski definition) is 4. The van der Waals surface area contributed by atoms with E-state index >= 15 is 0 Å². The minimum atomic E-state index is -0.547. The molecule has 0 saturated heterocycles. The van der Waals surface area contributed by atoms with Crippen molar-refractivity contribution in [1.82, 2.24) is 4.90 Å². The Bertz CT molecular complexity index is 1070. The van der Waals surface area contributed by atoms with Crippen LogP contribution in [0.2, 0.25) is 0 Å². The van der Waals surface area contributed by atoms with Gasteiger partial charge in [-0.25, -0.2) is 4.39 Å². The number of amidine groups is 1. The van der Waals surface area contributed by atoms with Gasteiger partial charge in [0, 0.05) is 12.0 Å². The summed E-state index contributed by atoms with van der Waals surface area (Å²) in [4.78, 5) is 20.3. The first kappa shape index (κ1) is 23.0. The standard InChI is InChI=1S/C27H30FN3O2/c1-2-3-7-25-30-27(14-5-4-6-15-27)26(32)31(25)19-20-8-10-21(11-9-20)23-18-22(33-17-16-29)12-13-24(23)28/h8-13,18H,2-7,14-15,17,19H2,1H3. The third kappa shape index (κ3) is 4.93. The van der Waals surface area contributed by atoms with Crippen LogP contribution in [0, 0.1) is 17.1 Å². The zero-order valence-corrected chi connectivity index (χ0v) is 19.1. The van der Waals surface area contributed by atoms with Crippen molar-refractivity contribution in [3.63, 3.8) is 0 Å². The molecule has 1 amide bonds. The lowest BCUT2D eigenvalue weighted by Crippen LogP contribution is -2.43. The molecule has 1 saturated carbocycles. The van der Waals surface area contributed by atoms with Crippen LogP contribution in [-0.2, 0) is 11.3 Å². The summed E-state index contributed by atoms with van der Waals surface area (Å²) in [5.41, 5.74) is 1.57. The molecule has 0 bridgehead atoms. The average molecular weight is 448 g/mol. The highest BCUT2D eigenvalue weighted by Gasteiger charge is 2.47. The molecule has 33 heavy (non-hydrogen) atoms. The maximum Gasteiger partial charge on any atom is 0.256 e. The molecular formula is C27H30FN3O2. The second kappa shape index (κ2) is 10.2. The van der Waals surface area contributed by atoms with Crippen LogP contribution in [0.1, 0.15) is 63.9 Å². The number of nitrogens with zero attached hydrogens (tertiary/aromatic N) is 3. The van der Waals surface area contributed by atoms with Crippen LogP contribution in [0.5, 0.6) is 5.75 Å². The fraction of sp³-hybridized carbons (Fsp3) is 0.444. The van der Waals surface area contributed by atoms with Crippen molar-refractivity contribution in [3.05, 3.63) is 53.8 Å². The molecule has 1 aliphatic carbocycles. The van der Waals surface area contributed by atoms with Gasteiger partial charge in [-0.3, -0.25) is 14.7 Å². The Hall–Kier alpha value is -3.20. The van der Waals surface area contributed by atoms with E-state index in [9.17, 15) is 9.18 Å². The average Bonchev–Trinajstić information content (AvgIpc) is 3.08. The molecule has 1 spiro atoms. The summed E-state index contributed by atoms with van der Waals surface area (Å²) in [6.45, 7) is 2.55. The van der Waals surface area contributed by atoms with Crippen molar-refractivity contribution in [2.45, 2.75) is 70.4 Å². The number of halogens is 1. The second-order valence-corrected chi connectivity index (χ2v) is 8.90. The van der Waals surface area contributed by atoms with Gasteiger partial charge in [-0.05, 0) is 48.6 Å². The van der Waals surface area contributed by atoms with E-state index in [0.717, 1.165) is 61.9 Å². The number of ether oxygens (including phenoxy) is 1. The number of nitriles is 1. The molecule has 1 heterocycles. The first-order valence-corrected chi connectivity index (χ1v) is 11.9. The van der Waals surface area contributed by atoms with Gasteiger partial charge < -0.3 is 4.74 Å². The molecule has 0 atom stereocenters. The molecule has 4 rings (SSSR count). The molecular weight excluding hydrogens is 417 g/mol. The third-order valence-corrected chi connectivity index (χ3v) is 6.58. The number of carbonyl (C=O) groups is 1. The minimum Gasteiger partial charge on any atom is -0.479 e. The van der Waals surface area contributed by atoms with Gasteiger partial charge in [-0.1, -0.05) is 56.9 Å². The molecule has 0 N–H and O–H groups in total. The summed E-state index contributed by atoms with van der Waals surface area (Å²) in [5.74, 6) is 1.16. The zero-order valence-electron chi connectivity index (χ0n) is 19.1. The molecule has 1 fully saturated rings. The highest BCUT2D eigenvalue weighted by molar-refractivity contribution is 6.08. The van der Waals surface area contributed by atoms with Gasteiger partial charge >= 0.3 is 0 Å². The molecule has 5 nitrogen and oxygen atoms in total. The van der Waals surface area contributed by atoms with Gasteiger partial charge in [0.1, 0.15) is 29.0 Å². The van der Waals surface area contributed by atoms with Gasteiger partial charge in [0.05, 0.1) is 6.54 Å². The number of carbonyl (C=O) groups excluding carboxylic acids is 1. The molecule has 1 aliphatic heterocycles. The summed E-state index contributed by atoms with van der Waals surface area (Å²) >= 11 is 0. The molecule has 0 aromatic heterocycles. The van der Waals surface area contributed by atoms with E-state index in [1.807, 2.05) is 35.2 Å². The number of hydrogen-bond donors (Lipinski definition) is 0. The van der Waals surface area contributed by atoms with Crippen LogP contribution in [0.4, 0.5) is 4.39 Å². The van der Waals surface area contributed by atoms with Crippen LogP contribution < -0.4 is 4.74 Å². The molecule has 2 aromatic rings. The SMILES string of the molecule is CCCCC1=NC2(CCCCC2)C(=O)N1Cc1ccc(-c2cc(OCC#N)ccc2F)cc1. The summed E-state index contributed by atoms with van der Waals surface area (Å²) in [7, 11) is 0. The summed E-state index contributed by atoms with van der Waals surface area (Å²) < 4.78 is 19.7. The molecule has 172 valence electrons. The minimum absolute atomic E-state index is 0.0860. The number of benzene rings is 2. The van der Waals surface area contributed by atoms with Crippen molar-refractivity contribution < 1.29 is 13.9 Å². The lowest BCUT2D eigenvalue weighted by atomic mass is 9.82. The molecule has 2 aromatic carbocycles. The number of amides is 1. The zero-order chi connectivity index (χ0) is 23.3. The van der Waals surface area contributed by atoms with E-state index < -0.39 is 5.54 Å². The lowest BCUT2D eigenvalue weighted by Gasteiger charge is -2.29. The number of rotatable bonds is 8. The molecule has 6 heteroatoms. The van der Waals surface area contributed by atoms with E-state index in [2.05, 4.69) is 6.92 Å². The normalized spacial score (nSPS) is 17.2.